The molecule has 0 bridgehead atoms. The van der Waals surface area contributed by atoms with Crippen LogP contribution in [0.2, 0.25) is 5.02 Å². The van der Waals surface area contributed by atoms with Gasteiger partial charge in [-0.15, -0.1) is 4.40 Å². The van der Waals surface area contributed by atoms with Gasteiger partial charge in [0.05, 0.1) is 23.6 Å². The van der Waals surface area contributed by atoms with Gasteiger partial charge in [0.15, 0.2) is 5.17 Å². The maximum Gasteiger partial charge on any atom is 0.257 e. The number of ether oxygens (including phenoxy) is 1. The number of thioether (sulfide) groups is 1. The molecule has 2 aromatic rings. The van der Waals surface area contributed by atoms with E-state index >= 15 is 0 Å². The van der Waals surface area contributed by atoms with Gasteiger partial charge in [-0.2, -0.15) is 0 Å². The predicted octanol–water partition coefficient (Wildman–Crippen LogP) is 3.21. The Morgan fingerprint density at radius 2 is 2.11 bits per heavy atom. The quantitative estimate of drug-likeness (QED) is 0.815. The number of hydrogen-bond donors (Lipinski definition) is 1. The number of anilines is 2. The van der Waals surface area contributed by atoms with E-state index in [1.165, 1.54) is 18.9 Å². The summed E-state index contributed by atoms with van der Waals surface area (Å²) >= 11 is 7.33. The van der Waals surface area contributed by atoms with Crippen LogP contribution >= 0.6 is 23.4 Å². The lowest BCUT2D eigenvalue weighted by atomic mass is 10.1. The van der Waals surface area contributed by atoms with E-state index in [2.05, 4.69) is 9.71 Å². The molecule has 1 N–H and O–H groups in total. The topological polar surface area (TPSA) is 88.1 Å². The largest absolute Gasteiger partial charge is 0.495 e. The van der Waals surface area contributed by atoms with Crippen molar-refractivity contribution in [3.05, 3.63) is 47.0 Å². The molecule has 2 heterocycles. The minimum Gasteiger partial charge on any atom is -0.495 e. The van der Waals surface area contributed by atoms with E-state index in [-0.39, 0.29) is 11.7 Å². The highest BCUT2D eigenvalue weighted by molar-refractivity contribution is 8.15. The highest BCUT2D eigenvalue weighted by Crippen LogP contribution is 2.42. The molecule has 0 atom stereocenters. The number of amides is 1. The molecule has 1 amide bonds. The second-order valence-corrected chi connectivity index (χ2v) is 9.07. The molecule has 7 nitrogen and oxygen atoms in total. The van der Waals surface area contributed by atoms with Crippen LogP contribution in [-0.2, 0) is 10.0 Å². The van der Waals surface area contributed by atoms with Crippen molar-refractivity contribution in [1.82, 2.24) is 0 Å². The molecule has 0 spiro atoms. The second kappa shape index (κ2) is 6.74. The van der Waals surface area contributed by atoms with Crippen LogP contribution in [0.5, 0.6) is 5.75 Å². The van der Waals surface area contributed by atoms with Crippen molar-refractivity contribution >= 4 is 55.8 Å². The minimum absolute atomic E-state index is 0.0169. The van der Waals surface area contributed by atoms with E-state index in [0.717, 1.165) is 10.6 Å². The number of carbonyl (C=O) groups is 1. The lowest BCUT2D eigenvalue weighted by Crippen LogP contribution is -2.35. The first-order valence-corrected chi connectivity index (χ1v) is 10.7. The Labute approximate surface area is 165 Å². The van der Waals surface area contributed by atoms with Crippen LogP contribution in [0.25, 0.3) is 0 Å². The SMILES string of the molecule is COc1ccc(NC(=O)c2ccc3c(c2)SC2=NS(=O)(=O)CCN23)cc1Cl. The average molecular weight is 424 g/mol. The molecule has 0 aromatic heterocycles. The van der Waals surface area contributed by atoms with Crippen LogP contribution in [0.15, 0.2) is 45.7 Å². The normalized spacial score (nSPS) is 17.0. The summed E-state index contributed by atoms with van der Waals surface area (Å²) in [6.45, 7) is 0.358. The molecule has 4 rings (SSSR count). The number of methoxy groups -OCH3 is 1. The van der Waals surface area contributed by atoms with E-state index < -0.39 is 10.0 Å². The highest BCUT2D eigenvalue weighted by Gasteiger charge is 2.33. The first kappa shape index (κ1) is 18.1. The van der Waals surface area contributed by atoms with Crippen molar-refractivity contribution in [2.75, 3.05) is 29.6 Å². The highest BCUT2D eigenvalue weighted by atomic mass is 35.5. The molecular weight excluding hydrogens is 410 g/mol. The molecule has 0 saturated heterocycles. The molecule has 140 valence electrons. The molecule has 2 aliphatic rings. The van der Waals surface area contributed by atoms with E-state index in [9.17, 15) is 13.2 Å². The number of fused-ring (bicyclic) bond motifs is 3. The van der Waals surface area contributed by atoms with Crippen molar-refractivity contribution in [2.45, 2.75) is 4.90 Å². The van der Waals surface area contributed by atoms with Crippen LogP contribution in [-0.4, -0.2) is 38.9 Å². The number of sulfonamides is 1. The molecule has 0 fully saturated rings. The molecule has 10 heteroatoms. The van der Waals surface area contributed by atoms with Crippen LogP contribution < -0.4 is 15.0 Å². The number of halogens is 1. The number of rotatable bonds is 3. The molecule has 0 radical (unpaired) electrons. The Hall–Kier alpha value is -2.23. The molecule has 27 heavy (non-hydrogen) atoms. The van der Waals surface area contributed by atoms with Gasteiger partial charge in [0, 0.05) is 22.7 Å². The fourth-order valence-electron chi connectivity index (χ4n) is 2.82. The fourth-order valence-corrected chi connectivity index (χ4v) is 5.37. The average Bonchev–Trinajstić information content (AvgIpc) is 2.96. The van der Waals surface area contributed by atoms with Crippen LogP contribution in [0.1, 0.15) is 10.4 Å². The van der Waals surface area contributed by atoms with Gasteiger partial charge in [-0.1, -0.05) is 11.6 Å². The third kappa shape index (κ3) is 3.50. The van der Waals surface area contributed by atoms with Crippen molar-refractivity contribution < 1.29 is 17.9 Å². The molecular formula is C17H14ClN3O4S2. The van der Waals surface area contributed by atoms with Crippen molar-refractivity contribution in [2.24, 2.45) is 4.40 Å². The number of benzene rings is 2. The number of nitrogens with one attached hydrogen (secondary N) is 1. The third-order valence-corrected chi connectivity index (χ3v) is 6.75. The third-order valence-electron chi connectivity index (χ3n) is 4.14. The molecule has 0 unspecified atom stereocenters. The fraction of sp³-hybridized carbons (Fsp3) is 0.176. The smallest absolute Gasteiger partial charge is 0.257 e. The van der Waals surface area contributed by atoms with Gasteiger partial charge in [-0.25, -0.2) is 8.42 Å². The zero-order chi connectivity index (χ0) is 19.2. The van der Waals surface area contributed by atoms with Gasteiger partial charge in [0.2, 0.25) is 0 Å². The van der Waals surface area contributed by atoms with E-state index in [1.807, 2.05) is 4.90 Å². The summed E-state index contributed by atoms with van der Waals surface area (Å²) in [6, 6.07) is 10.2. The zero-order valence-corrected chi connectivity index (χ0v) is 16.5. The van der Waals surface area contributed by atoms with Gasteiger partial charge >= 0.3 is 0 Å². The van der Waals surface area contributed by atoms with Gasteiger partial charge in [0.25, 0.3) is 15.9 Å². The van der Waals surface area contributed by atoms with E-state index in [0.29, 0.717) is 33.7 Å². The Bertz CT molecular complexity index is 1090. The van der Waals surface area contributed by atoms with Crippen LogP contribution in [0.4, 0.5) is 11.4 Å². The molecule has 0 saturated carbocycles. The Kier molecular flexibility index (Phi) is 4.53. The van der Waals surface area contributed by atoms with Gasteiger partial charge in [-0.05, 0) is 48.2 Å². The summed E-state index contributed by atoms with van der Waals surface area (Å²) < 4.78 is 32.3. The number of amidine groups is 1. The first-order chi connectivity index (χ1) is 12.9. The van der Waals surface area contributed by atoms with Crippen molar-refractivity contribution in [1.29, 1.82) is 0 Å². The van der Waals surface area contributed by atoms with Crippen molar-refractivity contribution in [3.8, 4) is 5.75 Å². The number of hydrogen-bond acceptors (Lipinski definition) is 6. The predicted molar refractivity (Wildman–Crippen MR) is 107 cm³/mol. The summed E-state index contributed by atoms with van der Waals surface area (Å²) in [4.78, 5) is 15.2. The molecule has 2 aliphatic heterocycles. The summed E-state index contributed by atoms with van der Waals surface area (Å²) in [5, 5.41) is 3.62. The van der Waals surface area contributed by atoms with Crippen LogP contribution in [0, 0.1) is 0 Å². The summed E-state index contributed by atoms with van der Waals surface area (Å²) in [5.41, 5.74) is 1.86. The maximum atomic E-state index is 12.6. The number of nitrogens with zero attached hydrogens (tertiary/aromatic N) is 2. The maximum absolute atomic E-state index is 12.6. The van der Waals surface area contributed by atoms with Gasteiger partial charge in [-0.3, -0.25) is 4.79 Å². The Balaban J connectivity index is 1.57. The van der Waals surface area contributed by atoms with Gasteiger partial charge in [0.1, 0.15) is 5.75 Å². The lowest BCUT2D eigenvalue weighted by molar-refractivity contribution is 0.102. The van der Waals surface area contributed by atoms with E-state index in [4.69, 9.17) is 16.3 Å². The Morgan fingerprint density at radius 3 is 2.85 bits per heavy atom. The minimum atomic E-state index is -3.41. The number of carbonyl (C=O) groups excluding carboxylic acids is 1. The summed E-state index contributed by atoms with van der Waals surface area (Å²) in [5.74, 6) is 0.215. The standard InChI is InChI=1S/C17H14ClN3O4S2/c1-25-14-5-3-11(9-12(14)18)19-16(22)10-2-4-13-15(8-10)26-17-20-27(23,24)7-6-21(13)17/h2-5,8-9H,6-7H2,1H3,(H,19,22). The Morgan fingerprint density at radius 1 is 1.30 bits per heavy atom. The molecule has 2 aromatic carbocycles. The zero-order valence-electron chi connectivity index (χ0n) is 14.1. The summed E-state index contributed by atoms with van der Waals surface area (Å²) in [6.07, 6.45) is 0. The lowest BCUT2D eigenvalue weighted by Gasteiger charge is -2.22. The van der Waals surface area contributed by atoms with E-state index in [1.54, 1.807) is 36.4 Å². The first-order valence-electron chi connectivity index (χ1n) is 7.93. The van der Waals surface area contributed by atoms with Crippen molar-refractivity contribution in [3.63, 3.8) is 0 Å². The summed E-state index contributed by atoms with van der Waals surface area (Å²) in [7, 11) is -1.89. The second-order valence-electron chi connectivity index (χ2n) is 5.90. The molecule has 0 aliphatic carbocycles. The van der Waals surface area contributed by atoms with Gasteiger partial charge < -0.3 is 15.0 Å². The van der Waals surface area contributed by atoms with Crippen LogP contribution in [0.3, 0.4) is 0 Å². The monoisotopic (exact) mass is 423 g/mol.